The summed E-state index contributed by atoms with van der Waals surface area (Å²) in [5.74, 6) is 0. The van der Waals surface area contributed by atoms with Crippen LogP contribution in [0.2, 0.25) is 0 Å². The van der Waals surface area contributed by atoms with Crippen LogP contribution in [-0.4, -0.2) is 28.0 Å². The van der Waals surface area contributed by atoms with Gasteiger partial charge in [-0.05, 0) is 19.3 Å². The largest absolute Gasteiger partial charge is 0.391 e. The first-order chi connectivity index (χ1) is 7.32. The first-order valence-electron chi connectivity index (χ1n) is 5.73. The Bertz CT molecular complexity index is 327. The molecule has 92 valence electrons. The van der Waals surface area contributed by atoms with Crippen molar-refractivity contribution in [2.24, 2.45) is 5.41 Å². The molecule has 2 atom stereocenters. The van der Waals surface area contributed by atoms with Crippen molar-refractivity contribution in [3.8, 4) is 0 Å². The van der Waals surface area contributed by atoms with E-state index >= 15 is 0 Å². The highest BCUT2D eigenvalue weighted by atomic mass is 16.3. The monoisotopic (exact) mass is 225 g/mol. The van der Waals surface area contributed by atoms with Gasteiger partial charge in [-0.25, -0.2) is 0 Å². The number of nitrogens with one attached hydrogen (secondary N) is 2. The van der Waals surface area contributed by atoms with E-state index in [-0.39, 0.29) is 17.6 Å². The third kappa shape index (κ3) is 3.32. The van der Waals surface area contributed by atoms with Crippen LogP contribution in [0.15, 0.2) is 6.20 Å². The first-order valence-corrected chi connectivity index (χ1v) is 5.73. The van der Waals surface area contributed by atoms with Gasteiger partial charge >= 0.3 is 0 Å². The number of hydrogen-bond donors (Lipinski definition) is 3. The lowest BCUT2D eigenvalue weighted by Crippen LogP contribution is -2.37. The Morgan fingerprint density at radius 2 is 2.12 bits per heavy atom. The average Bonchev–Trinajstić information content (AvgIpc) is 2.58. The molecule has 1 rings (SSSR count). The summed E-state index contributed by atoms with van der Waals surface area (Å²) in [5.41, 5.74) is 2.14. The second-order valence-electron chi connectivity index (χ2n) is 5.46. The predicted molar refractivity (Wildman–Crippen MR) is 65.2 cm³/mol. The summed E-state index contributed by atoms with van der Waals surface area (Å²) in [4.78, 5) is 0. The lowest BCUT2D eigenvalue weighted by atomic mass is 9.89. The van der Waals surface area contributed by atoms with Gasteiger partial charge in [0, 0.05) is 23.8 Å². The molecule has 0 radical (unpaired) electrons. The highest BCUT2D eigenvalue weighted by Crippen LogP contribution is 2.20. The van der Waals surface area contributed by atoms with Crippen LogP contribution < -0.4 is 5.32 Å². The molecular formula is C12H23N3O. The maximum absolute atomic E-state index is 9.92. The highest BCUT2D eigenvalue weighted by molar-refractivity contribution is 5.18. The fraction of sp³-hybridized carbons (Fsp3) is 0.750. The topological polar surface area (TPSA) is 60.9 Å². The minimum absolute atomic E-state index is 0.0852. The summed E-state index contributed by atoms with van der Waals surface area (Å²) < 4.78 is 0. The van der Waals surface area contributed by atoms with E-state index in [0.717, 1.165) is 11.3 Å². The lowest BCUT2D eigenvalue weighted by Gasteiger charge is -2.27. The molecule has 0 aliphatic carbocycles. The molecule has 0 aliphatic rings. The number of aryl methyl sites for hydroxylation is 1. The molecule has 4 nitrogen and oxygen atoms in total. The zero-order valence-electron chi connectivity index (χ0n) is 10.8. The second-order valence-corrected chi connectivity index (χ2v) is 5.46. The van der Waals surface area contributed by atoms with Gasteiger partial charge in [0.1, 0.15) is 0 Å². The smallest absolute Gasteiger partial charge is 0.0712 e. The van der Waals surface area contributed by atoms with Crippen LogP contribution in [0.3, 0.4) is 0 Å². The standard InChI is InChI=1S/C12H23N3O/c1-8(10-6-14-15-9(10)2)13-7-11(16)12(3,4)5/h6,8,11,13,16H,7H2,1-5H3,(H,14,15). The molecule has 0 amide bonds. The van der Waals surface area contributed by atoms with Crippen molar-refractivity contribution in [3.63, 3.8) is 0 Å². The van der Waals surface area contributed by atoms with Gasteiger partial charge in [-0.1, -0.05) is 20.8 Å². The normalized spacial score (nSPS) is 16.1. The van der Waals surface area contributed by atoms with E-state index in [9.17, 15) is 5.11 Å². The zero-order chi connectivity index (χ0) is 12.3. The molecule has 1 aromatic rings. The molecule has 2 unspecified atom stereocenters. The van der Waals surface area contributed by atoms with Crippen molar-refractivity contribution in [1.29, 1.82) is 0 Å². The van der Waals surface area contributed by atoms with E-state index < -0.39 is 0 Å². The molecule has 3 N–H and O–H groups in total. The van der Waals surface area contributed by atoms with Crippen LogP contribution in [0.5, 0.6) is 0 Å². The van der Waals surface area contributed by atoms with Crippen LogP contribution in [0.25, 0.3) is 0 Å². The van der Waals surface area contributed by atoms with Gasteiger partial charge in [-0.15, -0.1) is 0 Å². The Morgan fingerprint density at radius 3 is 2.56 bits per heavy atom. The molecule has 0 aliphatic heterocycles. The third-order valence-corrected chi connectivity index (χ3v) is 2.95. The summed E-state index contributed by atoms with van der Waals surface area (Å²) in [5, 5.41) is 20.1. The van der Waals surface area contributed by atoms with Gasteiger partial charge in [-0.3, -0.25) is 5.10 Å². The van der Waals surface area contributed by atoms with Crippen molar-refractivity contribution in [2.45, 2.75) is 46.8 Å². The number of rotatable bonds is 4. The van der Waals surface area contributed by atoms with Gasteiger partial charge in [0.15, 0.2) is 0 Å². The summed E-state index contributed by atoms with van der Waals surface area (Å²) >= 11 is 0. The van der Waals surface area contributed by atoms with E-state index in [0.29, 0.717) is 6.54 Å². The van der Waals surface area contributed by atoms with Crippen molar-refractivity contribution >= 4 is 0 Å². The van der Waals surface area contributed by atoms with Crippen LogP contribution in [0.1, 0.15) is 45.0 Å². The number of aliphatic hydroxyl groups is 1. The van der Waals surface area contributed by atoms with Gasteiger partial charge in [0.25, 0.3) is 0 Å². The van der Waals surface area contributed by atoms with E-state index in [2.05, 4.69) is 22.4 Å². The number of nitrogens with zero attached hydrogens (tertiary/aromatic N) is 1. The fourth-order valence-corrected chi connectivity index (χ4v) is 1.50. The molecule has 0 saturated heterocycles. The van der Waals surface area contributed by atoms with Crippen molar-refractivity contribution in [3.05, 3.63) is 17.5 Å². The van der Waals surface area contributed by atoms with Crippen LogP contribution >= 0.6 is 0 Å². The molecule has 1 aromatic heterocycles. The predicted octanol–water partition coefficient (Wildman–Crippen LogP) is 1.78. The fourth-order valence-electron chi connectivity index (χ4n) is 1.50. The quantitative estimate of drug-likeness (QED) is 0.732. The van der Waals surface area contributed by atoms with E-state index in [4.69, 9.17) is 0 Å². The molecule has 0 aromatic carbocycles. The van der Waals surface area contributed by atoms with Crippen molar-refractivity contribution in [1.82, 2.24) is 15.5 Å². The molecular weight excluding hydrogens is 202 g/mol. The molecule has 16 heavy (non-hydrogen) atoms. The molecule has 1 heterocycles. The summed E-state index contributed by atoms with van der Waals surface area (Å²) in [6.45, 7) is 10.8. The molecule has 0 bridgehead atoms. The number of H-pyrrole nitrogens is 1. The Balaban J connectivity index is 2.48. The average molecular weight is 225 g/mol. The van der Waals surface area contributed by atoms with Gasteiger partial charge in [0.05, 0.1) is 12.3 Å². The Hall–Kier alpha value is -0.870. The molecule has 0 saturated carbocycles. The second kappa shape index (κ2) is 4.97. The van der Waals surface area contributed by atoms with Gasteiger partial charge in [-0.2, -0.15) is 5.10 Å². The Morgan fingerprint density at radius 1 is 1.50 bits per heavy atom. The molecule has 0 fully saturated rings. The molecule has 4 heteroatoms. The summed E-state index contributed by atoms with van der Waals surface area (Å²) in [6.07, 6.45) is 1.48. The third-order valence-electron chi connectivity index (χ3n) is 2.95. The lowest BCUT2D eigenvalue weighted by molar-refractivity contribution is 0.0609. The number of hydrogen-bond acceptors (Lipinski definition) is 3. The van der Waals surface area contributed by atoms with Crippen LogP contribution in [0.4, 0.5) is 0 Å². The van der Waals surface area contributed by atoms with Crippen LogP contribution in [-0.2, 0) is 0 Å². The zero-order valence-corrected chi connectivity index (χ0v) is 10.8. The SMILES string of the molecule is Cc1[nH]ncc1C(C)NCC(O)C(C)(C)C. The number of aromatic amines is 1. The highest BCUT2D eigenvalue weighted by Gasteiger charge is 2.22. The van der Waals surface area contributed by atoms with E-state index in [1.165, 1.54) is 0 Å². The van der Waals surface area contributed by atoms with Crippen molar-refractivity contribution < 1.29 is 5.11 Å². The number of aliphatic hydroxyl groups excluding tert-OH is 1. The maximum Gasteiger partial charge on any atom is 0.0712 e. The van der Waals surface area contributed by atoms with E-state index in [1.54, 1.807) is 0 Å². The van der Waals surface area contributed by atoms with Crippen molar-refractivity contribution in [2.75, 3.05) is 6.54 Å². The van der Waals surface area contributed by atoms with Crippen LogP contribution in [0, 0.1) is 12.3 Å². The minimum Gasteiger partial charge on any atom is -0.391 e. The first kappa shape index (κ1) is 13.2. The Labute approximate surface area is 97.5 Å². The minimum atomic E-state index is -0.345. The Kier molecular flexibility index (Phi) is 4.10. The van der Waals surface area contributed by atoms with Gasteiger partial charge < -0.3 is 10.4 Å². The maximum atomic E-state index is 9.92. The number of aromatic nitrogens is 2. The summed E-state index contributed by atoms with van der Waals surface area (Å²) in [6, 6.07) is 0.204. The molecule has 0 spiro atoms. The van der Waals surface area contributed by atoms with E-state index in [1.807, 2.05) is 33.9 Å². The van der Waals surface area contributed by atoms with Gasteiger partial charge in [0.2, 0.25) is 0 Å². The summed E-state index contributed by atoms with van der Waals surface area (Å²) in [7, 11) is 0.